The van der Waals surface area contributed by atoms with Crippen LogP contribution in [0.15, 0.2) is 24.3 Å². The Hall–Kier alpha value is -1.11. The predicted octanol–water partition coefficient (Wildman–Crippen LogP) is 3.93. The summed E-state index contributed by atoms with van der Waals surface area (Å²) in [6.07, 6.45) is 3.63. The van der Waals surface area contributed by atoms with E-state index in [4.69, 9.17) is 0 Å². The van der Waals surface area contributed by atoms with E-state index in [-0.39, 0.29) is 0 Å². The molecule has 1 aromatic carbocycles. The van der Waals surface area contributed by atoms with E-state index >= 15 is 0 Å². The van der Waals surface area contributed by atoms with Crippen LogP contribution in [0, 0.1) is 12.8 Å². The van der Waals surface area contributed by atoms with Crippen molar-refractivity contribution in [1.82, 2.24) is 0 Å². The lowest BCUT2D eigenvalue weighted by molar-refractivity contribution is -0.119. The number of ketones is 1. The first kappa shape index (κ1) is 13.0. The molecule has 0 fully saturated rings. The summed E-state index contributed by atoms with van der Waals surface area (Å²) in [7, 11) is 0. The molecule has 0 heterocycles. The van der Waals surface area contributed by atoms with Crippen molar-refractivity contribution in [3.8, 4) is 0 Å². The third-order valence-corrected chi connectivity index (χ3v) is 2.84. The molecule has 0 bridgehead atoms. The molecule has 16 heavy (non-hydrogen) atoms. The standard InChI is InChI=1S/C15H22O/c1-4-6-12(2)10-15(16)11-14-8-5-7-13(3)9-14/h5,7-9,12H,4,6,10-11H2,1-3H3. The van der Waals surface area contributed by atoms with Gasteiger partial charge < -0.3 is 0 Å². The fraction of sp³-hybridized carbons (Fsp3) is 0.533. The Labute approximate surface area is 98.9 Å². The summed E-state index contributed by atoms with van der Waals surface area (Å²) >= 11 is 0. The van der Waals surface area contributed by atoms with E-state index in [1.807, 2.05) is 12.1 Å². The molecule has 1 rings (SSSR count). The minimum atomic E-state index is 0.367. The molecule has 0 aliphatic rings. The van der Waals surface area contributed by atoms with Crippen LogP contribution in [0.3, 0.4) is 0 Å². The Bertz CT molecular complexity index is 341. The fourth-order valence-electron chi connectivity index (χ4n) is 2.11. The molecule has 1 heteroatoms. The molecule has 0 aliphatic heterocycles. The topological polar surface area (TPSA) is 17.1 Å². The lowest BCUT2D eigenvalue weighted by atomic mass is 9.96. The molecule has 0 radical (unpaired) electrons. The number of carbonyl (C=O) groups excluding carboxylic acids is 1. The molecule has 1 nitrogen and oxygen atoms in total. The molecule has 1 atom stereocenters. The van der Waals surface area contributed by atoms with Gasteiger partial charge in [0.15, 0.2) is 0 Å². The van der Waals surface area contributed by atoms with E-state index in [9.17, 15) is 4.79 Å². The second kappa shape index (κ2) is 6.47. The summed E-state index contributed by atoms with van der Waals surface area (Å²) in [6.45, 7) is 6.40. The van der Waals surface area contributed by atoms with Gasteiger partial charge in [0.05, 0.1) is 0 Å². The number of carbonyl (C=O) groups is 1. The van der Waals surface area contributed by atoms with Crippen molar-refractivity contribution in [2.24, 2.45) is 5.92 Å². The van der Waals surface area contributed by atoms with E-state index in [1.165, 1.54) is 12.0 Å². The number of hydrogen-bond acceptors (Lipinski definition) is 1. The van der Waals surface area contributed by atoms with E-state index in [1.54, 1.807) is 0 Å². The number of benzene rings is 1. The van der Waals surface area contributed by atoms with Crippen LogP contribution in [0.25, 0.3) is 0 Å². The Kier molecular flexibility index (Phi) is 5.24. The van der Waals surface area contributed by atoms with E-state index < -0.39 is 0 Å². The van der Waals surface area contributed by atoms with Crippen LogP contribution in [0.1, 0.15) is 44.2 Å². The maximum Gasteiger partial charge on any atom is 0.137 e. The maximum atomic E-state index is 11.8. The molecular weight excluding hydrogens is 196 g/mol. The first-order valence-corrected chi connectivity index (χ1v) is 6.19. The molecule has 0 aliphatic carbocycles. The zero-order valence-corrected chi connectivity index (χ0v) is 10.6. The largest absolute Gasteiger partial charge is 0.299 e. The van der Waals surface area contributed by atoms with E-state index in [0.717, 1.165) is 18.4 Å². The van der Waals surface area contributed by atoms with Crippen molar-refractivity contribution < 1.29 is 4.79 Å². The van der Waals surface area contributed by atoms with Crippen molar-refractivity contribution in [3.05, 3.63) is 35.4 Å². The van der Waals surface area contributed by atoms with Gasteiger partial charge in [0, 0.05) is 12.8 Å². The van der Waals surface area contributed by atoms with Crippen LogP contribution in [-0.2, 0) is 11.2 Å². The predicted molar refractivity (Wildman–Crippen MR) is 68.6 cm³/mol. The molecule has 0 amide bonds. The van der Waals surface area contributed by atoms with Gasteiger partial charge in [-0.1, -0.05) is 56.5 Å². The summed E-state index contributed by atoms with van der Waals surface area (Å²) in [5.74, 6) is 0.897. The molecular formula is C15H22O. The average molecular weight is 218 g/mol. The monoisotopic (exact) mass is 218 g/mol. The average Bonchev–Trinajstić information content (AvgIpc) is 2.17. The third kappa shape index (κ3) is 4.61. The smallest absolute Gasteiger partial charge is 0.137 e. The van der Waals surface area contributed by atoms with Crippen LogP contribution >= 0.6 is 0 Å². The van der Waals surface area contributed by atoms with Crippen LogP contribution in [-0.4, -0.2) is 5.78 Å². The second-order valence-corrected chi connectivity index (χ2v) is 4.80. The summed E-state index contributed by atoms with van der Waals surface area (Å²) < 4.78 is 0. The van der Waals surface area contributed by atoms with Crippen molar-refractivity contribution in [2.75, 3.05) is 0 Å². The maximum absolute atomic E-state index is 11.8. The Morgan fingerprint density at radius 2 is 2.12 bits per heavy atom. The number of Topliss-reactive ketones (excluding diaryl/α,β-unsaturated/α-hetero) is 1. The van der Waals surface area contributed by atoms with Crippen LogP contribution in [0.4, 0.5) is 0 Å². The summed E-state index contributed by atoms with van der Waals surface area (Å²) in [6, 6.07) is 8.22. The molecule has 1 aromatic rings. The molecule has 0 aromatic heterocycles. The Morgan fingerprint density at radius 3 is 2.75 bits per heavy atom. The van der Waals surface area contributed by atoms with Crippen LogP contribution in [0.2, 0.25) is 0 Å². The summed E-state index contributed by atoms with van der Waals surface area (Å²) in [5, 5.41) is 0. The van der Waals surface area contributed by atoms with Gasteiger partial charge in [0.25, 0.3) is 0 Å². The molecule has 0 spiro atoms. The van der Waals surface area contributed by atoms with E-state index in [0.29, 0.717) is 18.1 Å². The lowest BCUT2D eigenvalue weighted by Crippen LogP contribution is -2.08. The first-order chi connectivity index (χ1) is 7.61. The van der Waals surface area contributed by atoms with Crippen molar-refractivity contribution in [2.45, 2.75) is 46.5 Å². The summed E-state index contributed by atoms with van der Waals surface area (Å²) in [4.78, 5) is 11.8. The van der Waals surface area contributed by atoms with Gasteiger partial charge in [-0.3, -0.25) is 4.79 Å². The highest BCUT2D eigenvalue weighted by Crippen LogP contribution is 2.13. The van der Waals surface area contributed by atoms with Gasteiger partial charge in [-0.25, -0.2) is 0 Å². The number of hydrogen-bond donors (Lipinski definition) is 0. The van der Waals surface area contributed by atoms with E-state index in [2.05, 4.69) is 32.9 Å². The van der Waals surface area contributed by atoms with Gasteiger partial charge in [-0.05, 0) is 18.4 Å². The van der Waals surface area contributed by atoms with Gasteiger partial charge in [0.1, 0.15) is 5.78 Å². The Balaban J connectivity index is 2.45. The fourth-order valence-corrected chi connectivity index (χ4v) is 2.11. The SMILES string of the molecule is CCCC(C)CC(=O)Cc1cccc(C)c1. The van der Waals surface area contributed by atoms with Gasteiger partial charge in [0.2, 0.25) is 0 Å². The molecule has 88 valence electrons. The zero-order valence-electron chi connectivity index (χ0n) is 10.6. The highest BCUT2D eigenvalue weighted by atomic mass is 16.1. The summed E-state index contributed by atoms with van der Waals surface area (Å²) in [5.41, 5.74) is 2.38. The third-order valence-electron chi connectivity index (χ3n) is 2.84. The van der Waals surface area contributed by atoms with Crippen molar-refractivity contribution in [3.63, 3.8) is 0 Å². The normalized spacial score (nSPS) is 12.4. The van der Waals surface area contributed by atoms with Crippen molar-refractivity contribution >= 4 is 5.78 Å². The Morgan fingerprint density at radius 1 is 1.38 bits per heavy atom. The number of aryl methyl sites for hydroxylation is 1. The minimum Gasteiger partial charge on any atom is -0.299 e. The van der Waals surface area contributed by atoms with Crippen molar-refractivity contribution in [1.29, 1.82) is 0 Å². The highest BCUT2D eigenvalue weighted by Gasteiger charge is 2.09. The van der Waals surface area contributed by atoms with Crippen LogP contribution in [0.5, 0.6) is 0 Å². The molecule has 0 saturated heterocycles. The minimum absolute atomic E-state index is 0.367. The lowest BCUT2D eigenvalue weighted by Gasteiger charge is -2.08. The van der Waals surface area contributed by atoms with Crippen LogP contribution < -0.4 is 0 Å². The van der Waals surface area contributed by atoms with Gasteiger partial charge in [-0.15, -0.1) is 0 Å². The second-order valence-electron chi connectivity index (χ2n) is 4.80. The zero-order chi connectivity index (χ0) is 12.0. The first-order valence-electron chi connectivity index (χ1n) is 6.19. The van der Waals surface area contributed by atoms with Gasteiger partial charge >= 0.3 is 0 Å². The number of rotatable bonds is 6. The quantitative estimate of drug-likeness (QED) is 0.707. The molecule has 1 unspecified atom stereocenters. The molecule has 0 saturated carbocycles. The van der Waals surface area contributed by atoms with Gasteiger partial charge in [-0.2, -0.15) is 0 Å². The highest BCUT2D eigenvalue weighted by molar-refractivity contribution is 5.81. The molecule has 0 N–H and O–H groups in total.